The summed E-state index contributed by atoms with van der Waals surface area (Å²) >= 11 is 6.26. The first-order valence-electron chi connectivity index (χ1n) is 9.00. The molecule has 1 fully saturated rings. The standard InChI is InChI=1S/C20H29ClO4/c1-19(2,3)18(22)24-13-10-16(25-20(23)11-6-7-12-20)14-15-8-4-5-9-17(15)21/h4-5,8-9,16,23H,6-7,10-14H2,1-3H3/t16-/m0/s1. The average Bonchev–Trinajstić information content (AvgIpc) is 2.94. The van der Waals surface area contributed by atoms with Crippen LogP contribution in [-0.2, 0) is 20.7 Å². The van der Waals surface area contributed by atoms with Gasteiger partial charge in [-0.2, -0.15) is 0 Å². The molecular formula is C20H29ClO4. The van der Waals surface area contributed by atoms with Crippen molar-refractivity contribution in [1.29, 1.82) is 0 Å². The number of carbonyl (C=O) groups is 1. The lowest BCUT2D eigenvalue weighted by Gasteiger charge is -2.29. The molecular weight excluding hydrogens is 340 g/mol. The van der Waals surface area contributed by atoms with Gasteiger partial charge in [0.1, 0.15) is 0 Å². The van der Waals surface area contributed by atoms with Crippen LogP contribution in [0.4, 0.5) is 0 Å². The zero-order chi connectivity index (χ0) is 18.5. The number of carbonyl (C=O) groups excluding carboxylic acids is 1. The van der Waals surface area contributed by atoms with Crippen molar-refractivity contribution in [2.75, 3.05) is 6.61 Å². The number of rotatable bonds is 7. The maximum absolute atomic E-state index is 11.9. The number of benzene rings is 1. The SMILES string of the molecule is CC(C)(C)C(=O)OCC[C@@H](Cc1ccccc1Cl)OC1(O)CCCC1. The van der Waals surface area contributed by atoms with E-state index in [1.807, 2.05) is 45.0 Å². The first-order chi connectivity index (χ1) is 11.7. The molecule has 140 valence electrons. The molecule has 25 heavy (non-hydrogen) atoms. The molecule has 1 aliphatic rings. The topological polar surface area (TPSA) is 55.8 Å². The van der Waals surface area contributed by atoms with Crippen LogP contribution in [0.2, 0.25) is 5.02 Å². The van der Waals surface area contributed by atoms with Crippen LogP contribution in [0.15, 0.2) is 24.3 Å². The molecule has 0 amide bonds. The lowest BCUT2D eigenvalue weighted by Crippen LogP contribution is -2.36. The molecule has 4 nitrogen and oxygen atoms in total. The van der Waals surface area contributed by atoms with E-state index in [1.54, 1.807) is 0 Å². The van der Waals surface area contributed by atoms with E-state index in [0.717, 1.165) is 18.4 Å². The summed E-state index contributed by atoms with van der Waals surface area (Å²) in [6.07, 6.45) is 4.07. The van der Waals surface area contributed by atoms with Crippen LogP contribution in [0.25, 0.3) is 0 Å². The Bertz CT molecular complexity index is 573. The molecule has 0 spiro atoms. The highest BCUT2D eigenvalue weighted by molar-refractivity contribution is 6.31. The van der Waals surface area contributed by atoms with Crippen LogP contribution in [-0.4, -0.2) is 29.6 Å². The Balaban J connectivity index is 1.99. The molecule has 0 saturated heterocycles. The zero-order valence-corrected chi connectivity index (χ0v) is 16.1. The average molecular weight is 369 g/mol. The number of aliphatic hydroxyl groups is 1. The smallest absolute Gasteiger partial charge is 0.311 e. The highest BCUT2D eigenvalue weighted by Crippen LogP contribution is 2.33. The minimum atomic E-state index is -1.07. The van der Waals surface area contributed by atoms with Crippen molar-refractivity contribution >= 4 is 17.6 Å². The predicted octanol–water partition coefficient (Wildman–Crippen LogP) is 4.51. The molecule has 1 aromatic rings. The van der Waals surface area contributed by atoms with Crippen LogP contribution in [0.1, 0.15) is 58.4 Å². The van der Waals surface area contributed by atoms with E-state index in [2.05, 4.69) is 0 Å². The third kappa shape index (κ3) is 6.28. The van der Waals surface area contributed by atoms with Crippen molar-refractivity contribution < 1.29 is 19.4 Å². The Kier molecular flexibility index (Phi) is 6.89. The van der Waals surface area contributed by atoms with Gasteiger partial charge >= 0.3 is 5.97 Å². The summed E-state index contributed by atoms with van der Waals surface area (Å²) in [6.45, 7) is 5.75. The summed E-state index contributed by atoms with van der Waals surface area (Å²) in [5, 5.41) is 11.3. The lowest BCUT2D eigenvalue weighted by atomic mass is 9.97. The number of ether oxygens (including phenoxy) is 2. The highest BCUT2D eigenvalue weighted by atomic mass is 35.5. The van der Waals surface area contributed by atoms with Crippen molar-refractivity contribution in [1.82, 2.24) is 0 Å². The second kappa shape index (κ2) is 8.52. The van der Waals surface area contributed by atoms with Gasteiger partial charge in [0.05, 0.1) is 18.1 Å². The molecule has 1 aliphatic carbocycles. The van der Waals surface area contributed by atoms with E-state index >= 15 is 0 Å². The number of hydrogen-bond donors (Lipinski definition) is 1. The van der Waals surface area contributed by atoms with Gasteiger partial charge in [-0.05, 0) is 45.2 Å². The molecule has 1 atom stereocenters. The molecule has 0 radical (unpaired) electrons. The zero-order valence-electron chi connectivity index (χ0n) is 15.4. The molecule has 0 aliphatic heterocycles. The summed E-state index contributed by atoms with van der Waals surface area (Å²) in [5.41, 5.74) is 0.445. The summed E-state index contributed by atoms with van der Waals surface area (Å²) in [4.78, 5) is 11.9. The van der Waals surface area contributed by atoms with E-state index in [1.165, 1.54) is 0 Å². The maximum Gasteiger partial charge on any atom is 0.311 e. The Morgan fingerprint density at radius 2 is 1.92 bits per heavy atom. The van der Waals surface area contributed by atoms with Crippen LogP contribution in [0, 0.1) is 5.41 Å². The fraction of sp³-hybridized carbons (Fsp3) is 0.650. The van der Waals surface area contributed by atoms with Crippen LogP contribution >= 0.6 is 11.6 Å². The Morgan fingerprint density at radius 3 is 2.52 bits per heavy atom. The third-order valence-electron chi connectivity index (χ3n) is 4.46. The molecule has 5 heteroatoms. The molecule has 1 aromatic carbocycles. The molecule has 0 aromatic heterocycles. The molecule has 1 N–H and O–H groups in total. The van der Waals surface area contributed by atoms with E-state index in [9.17, 15) is 9.90 Å². The van der Waals surface area contributed by atoms with Gasteiger partial charge in [-0.3, -0.25) is 4.79 Å². The van der Waals surface area contributed by atoms with Crippen molar-refractivity contribution in [3.05, 3.63) is 34.9 Å². The van der Waals surface area contributed by atoms with Crippen LogP contribution < -0.4 is 0 Å². The first-order valence-corrected chi connectivity index (χ1v) is 9.38. The Hall–Kier alpha value is -1.10. The molecule has 1 saturated carbocycles. The lowest BCUT2D eigenvalue weighted by molar-refractivity contribution is -0.227. The number of hydrogen-bond acceptors (Lipinski definition) is 4. The molecule has 0 bridgehead atoms. The van der Waals surface area contributed by atoms with E-state index < -0.39 is 11.2 Å². The highest BCUT2D eigenvalue weighted by Gasteiger charge is 2.35. The minimum Gasteiger partial charge on any atom is -0.465 e. The number of esters is 1. The van der Waals surface area contributed by atoms with Crippen molar-refractivity contribution in [3.8, 4) is 0 Å². The summed E-state index contributed by atoms with van der Waals surface area (Å²) < 4.78 is 11.4. The fourth-order valence-corrected chi connectivity index (χ4v) is 3.18. The summed E-state index contributed by atoms with van der Waals surface area (Å²) in [5.74, 6) is -1.30. The predicted molar refractivity (Wildman–Crippen MR) is 98.5 cm³/mol. The van der Waals surface area contributed by atoms with Crippen LogP contribution in [0.5, 0.6) is 0 Å². The van der Waals surface area contributed by atoms with E-state index in [4.69, 9.17) is 21.1 Å². The normalized spacial score (nSPS) is 18.1. The van der Waals surface area contributed by atoms with Gasteiger partial charge in [-0.1, -0.05) is 29.8 Å². The fourth-order valence-electron chi connectivity index (χ4n) is 2.97. The van der Waals surface area contributed by atoms with E-state index in [-0.39, 0.29) is 18.7 Å². The van der Waals surface area contributed by atoms with Gasteiger partial charge in [0.25, 0.3) is 0 Å². The number of halogens is 1. The van der Waals surface area contributed by atoms with Crippen molar-refractivity contribution in [2.24, 2.45) is 5.41 Å². The molecule has 0 heterocycles. The van der Waals surface area contributed by atoms with Gasteiger partial charge in [0, 0.05) is 30.7 Å². The Labute approximate surface area is 155 Å². The largest absolute Gasteiger partial charge is 0.465 e. The minimum absolute atomic E-state index is 0.233. The third-order valence-corrected chi connectivity index (χ3v) is 4.83. The van der Waals surface area contributed by atoms with Gasteiger partial charge in [0.15, 0.2) is 5.79 Å². The second-order valence-corrected chi connectivity index (χ2v) is 8.27. The van der Waals surface area contributed by atoms with Crippen molar-refractivity contribution in [2.45, 2.75) is 71.2 Å². The summed E-state index contributed by atoms with van der Waals surface area (Å²) in [7, 11) is 0. The van der Waals surface area contributed by atoms with Gasteiger partial charge in [-0.25, -0.2) is 0 Å². The molecule has 2 rings (SSSR count). The van der Waals surface area contributed by atoms with E-state index in [0.29, 0.717) is 30.7 Å². The maximum atomic E-state index is 11.9. The molecule has 0 unspecified atom stereocenters. The van der Waals surface area contributed by atoms with Gasteiger partial charge in [0.2, 0.25) is 0 Å². The second-order valence-electron chi connectivity index (χ2n) is 7.86. The van der Waals surface area contributed by atoms with Crippen molar-refractivity contribution in [3.63, 3.8) is 0 Å². The van der Waals surface area contributed by atoms with Crippen LogP contribution in [0.3, 0.4) is 0 Å². The summed E-state index contributed by atoms with van der Waals surface area (Å²) in [6, 6.07) is 7.62. The first kappa shape index (κ1) is 20.2. The van der Waals surface area contributed by atoms with Gasteiger partial charge in [-0.15, -0.1) is 0 Å². The Morgan fingerprint density at radius 1 is 1.28 bits per heavy atom. The monoisotopic (exact) mass is 368 g/mol. The van der Waals surface area contributed by atoms with Gasteiger partial charge < -0.3 is 14.6 Å². The quantitative estimate of drug-likeness (QED) is 0.568.